The van der Waals surface area contributed by atoms with Gasteiger partial charge < -0.3 is 14.7 Å². The standard InChI is InChI=1S/C23H32ClN3O3/c1-16(2)12-18-14-20(26(4)25-18)22(28)27-10-5-8-23(29,9-11-27)15-30-21-13-17(3)6-7-19(21)24/h6-7,13-14,16,29H,5,8-12,15H2,1-4H3. The van der Waals surface area contributed by atoms with Crippen LogP contribution in [0.1, 0.15) is 54.9 Å². The number of nitrogens with zero attached hydrogens (tertiary/aromatic N) is 3. The van der Waals surface area contributed by atoms with Crippen LogP contribution in [-0.4, -0.2) is 51.0 Å². The molecule has 0 aliphatic carbocycles. The first-order valence-corrected chi connectivity index (χ1v) is 11.0. The lowest BCUT2D eigenvalue weighted by Gasteiger charge is -2.27. The summed E-state index contributed by atoms with van der Waals surface area (Å²) in [5, 5.41) is 16.1. The van der Waals surface area contributed by atoms with E-state index < -0.39 is 5.60 Å². The molecule has 1 fully saturated rings. The molecule has 1 aromatic carbocycles. The van der Waals surface area contributed by atoms with E-state index in [1.165, 1.54) is 0 Å². The third-order valence-corrected chi connectivity index (χ3v) is 5.87. The van der Waals surface area contributed by atoms with E-state index in [1.54, 1.807) is 10.7 Å². The van der Waals surface area contributed by atoms with Crippen molar-refractivity contribution in [3.63, 3.8) is 0 Å². The fourth-order valence-electron chi connectivity index (χ4n) is 3.87. The second kappa shape index (κ2) is 9.40. The van der Waals surface area contributed by atoms with Gasteiger partial charge in [-0.3, -0.25) is 9.48 Å². The highest BCUT2D eigenvalue weighted by Crippen LogP contribution is 2.29. The van der Waals surface area contributed by atoms with Crippen molar-refractivity contribution in [3.05, 3.63) is 46.2 Å². The molecule has 0 radical (unpaired) electrons. The number of amides is 1. The number of rotatable bonds is 6. The Balaban J connectivity index is 1.63. The van der Waals surface area contributed by atoms with Gasteiger partial charge in [-0.25, -0.2) is 0 Å². The predicted molar refractivity (Wildman–Crippen MR) is 118 cm³/mol. The summed E-state index contributed by atoms with van der Waals surface area (Å²) in [5.74, 6) is 1.03. The molecular formula is C23H32ClN3O3. The van der Waals surface area contributed by atoms with Gasteiger partial charge in [-0.05, 0) is 62.3 Å². The zero-order valence-corrected chi connectivity index (χ0v) is 19.1. The van der Waals surface area contributed by atoms with E-state index in [4.69, 9.17) is 16.3 Å². The van der Waals surface area contributed by atoms with Crippen molar-refractivity contribution in [1.82, 2.24) is 14.7 Å². The Morgan fingerprint density at radius 3 is 2.80 bits per heavy atom. The smallest absolute Gasteiger partial charge is 0.272 e. The van der Waals surface area contributed by atoms with Gasteiger partial charge in [-0.1, -0.05) is 31.5 Å². The number of carbonyl (C=O) groups is 1. The molecule has 1 atom stereocenters. The lowest BCUT2D eigenvalue weighted by molar-refractivity contribution is -0.0163. The molecule has 7 heteroatoms. The van der Waals surface area contributed by atoms with Crippen molar-refractivity contribution in [3.8, 4) is 5.75 Å². The fourth-order valence-corrected chi connectivity index (χ4v) is 4.04. The van der Waals surface area contributed by atoms with E-state index in [-0.39, 0.29) is 12.5 Å². The van der Waals surface area contributed by atoms with Gasteiger partial charge in [0.1, 0.15) is 23.7 Å². The van der Waals surface area contributed by atoms with Crippen LogP contribution < -0.4 is 4.74 Å². The average Bonchev–Trinajstić information content (AvgIpc) is 2.91. The molecule has 1 N–H and O–H groups in total. The van der Waals surface area contributed by atoms with E-state index >= 15 is 0 Å². The van der Waals surface area contributed by atoms with E-state index in [0.717, 1.165) is 17.7 Å². The molecular weight excluding hydrogens is 402 g/mol. The van der Waals surface area contributed by atoms with Crippen LogP contribution in [0, 0.1) is 12.8 Å². The van der Waals surface area contributed by atoms with E-state index in [0.29, 0.717) is 54.7 Å². The van der Waals surface area contributed by atoms with Crippen LogP contribution in [0.4, 0.5) is 0 Å². The maximum Gasteiger partial charge on any atom is 0.272 e. The zero-order chi connectivity index (χ0) is 21.9. The van der Waals surface area contributed by atoms with Crippen LogP contribution >= 0.6 is 11.6 Å². The lowest BCUT2D eigenvalue weighted by atomic mass is 9.96. The molecule has 0 spiro atoms. The molecule has 6 nitrogen and oxygen atoms in total. The summed E-state index contributed by atoms with van der Waals surface area (Å²) < 4.78 is 7.52. The normalized spacial score (nSPS) is 19.8. The summed E-state index contributed by atoms with van der Waals surface area (Å²) in [6.45, 7) is 7.48. The molecule has 1 unspecified atom stereocenters. The third-order valence-electron chi connectivity index (χ3n) is 5.55. The average molecular weight is 434 g/mol. The number of benzene rings is 1. The number of hydrogen-bond acceptors (Lipinski definition) is 4. The summed E-state index contributed by atoms with van der Waals surface area (Å²) in [5.41, 5.74) is 1.59. The van der Waals surface area contributed by atoms with E-state index in [1.807, 2.05) is 37.1 Å². The minimum atomic E-state index is -0.989. The highest BCUT2D eigenvalue weighted by Gasteiger charge is 2.33. The highest BCUT2D eigenvalue weighted by molar-refractivity contribution is 6.32. The van der Waals surface area contributed by atoms with Crippen molar-refractivity contribution in [1.29, 1.82) is 0 Å². The number of likely N-dealkylation sites (tertiary alicyclic amines) is 1. The molecule has 1 aliphatic rings. The maximum absolute atomic E-state index is 13.1. The van der Waals surface area contributed by atoms with Crippen LogP contribution in [-0.2, 0) is 13.5 Å². The summed E-state index contributed by atoms with van der Waals surface area (Å²) in [4.78, 5) is 14.9. The Morgan fingerprint density at radius 2 is 2.07 bits per heavy atom. The second-order valence-electron chi connectivity index (χ2n) is 8.84. The quantitative estimate of drug-likeness (QED) is 0.747. The Kier molecular flexibility index (Phi) is 7.09. The molecule has 2 aromatic rings. The van der Waals surface area contributed by atoms with E-state index in [9.17, 15) is 9.90 Å². The molecule has 1 saturated heterocycles. The highest BCUT2D eigenvalue weighted by atomic mass is 35.5. The van der Waals surface area contributed by atoms with Crippen molar-refractivity contribution >= 4 is 17.5 Å². The second-order valence-corrected chi connectivity index (χ2v) is 9.24. The van der Waals surface area contributed by atoms with Gasteiger partial charge in [0.05, 0.1) is 10.7 Å². The molecule has 30 heavy (non-hydrogen) atoms. The largest absolute Gasteiger partial charge is 0.489 e. The number of carbonyl (C=O) groups excluding carboxylic acids is 1. The van der Waals surface area contributed by atoms with Gasteiger partial charge in [-0.2, -0.15) is 5.10 Å². The molecule has 1 aromatic heterocycles. The van der Waals surface area contributed by atoms with E-state index in [2.05, 4.69) is 18.9 Å². The third kappa shape index (κ3) is 5.55. The van der Waals surface area contributed by atoms with Crippen LogP contribution in [0.2, 0.25) is 5.02 Å². The summed E-state index contributed by atoms with van der Waals surface area (Å²) in [6, 6.07) is 7.48. The number of aliphatic hydroxyl groups is 1. The predicted octanol–water partition coefficient (Wildman–Crippen LogP) is 4.02. The summed E-state index contributed by atoms with van der Waals surface area (Å²) >= 11 is 6.20. The number of aromatic nitrogens is 2. The van der Waals surface area contributed by atoms with Crippen LogP contribution in [0.3, 0.4) is 0 Å². The van der Waals surface area contributed by atoms with Crippen molar-refractivity contribution in [2.24, 2.45) is 13.0 Å². The Bertz CT molecular complexity index is 896. The van der Waals surface area contributed by atoms with Gasteiger partial charge in [0, 0.05) is 20.1 Å². The van der Waals surface area contributed by atoms with Crippen LogP contribution in [0.25, 0.3) is 0 Å². The van der Waals surface area contributed by atoms with Gasteiger partial charge in [-0.15, -0.1) is 0 Å². The van der Waals surface area contributed by atoms with Gasteiger partial charge in [0.15, 0.2) is 0 Å². The SMILES string of the molecule is Cc1ccc(Cl)c(OCC2(O)CCCN(C(=O)c3cc(CC(C)C)nn3C)CC2)c1. The molecule has 2 heterocycles. The maximum atomic E-state index is 13.1. The summed E-state index contributed by atoms with van der Waals surface area (Å²) in [6.07, 6.45) is 2.59. The Hall–Kier alpha value is -2.05. The minimum absolute atomic E-state index is 0.0353. The van der Waals surface area contributed by atoms with Gasteiger partial charge in [0.25, 0.3) is 5.91 Å². The molecule has 0 saturated carbocycles. The summed E-state index contributed by atoms with van der Waals surface area (Å²) in [7, 11) is 1.81. The molecule has 1 amide bonds. The number of hydrogen-bond donors (Lipinski definition) is 1. The first-order valence-electron chi connectivity index (χ1n) is 10.6. The lowest BCUT2D eigenvalue weighted by Crippen LogP contribution is -2.38. The topological polar surface area (TPSA) is 67.6 Å². The first kappa shape index (κ1) is 22.6. The first-order chi connectivity index (χ1) is 14.2. The Morgan fingerprint density at radius 1 is 1.30 bits per heavy atom. The zero-order valence-electron chi connectivity index (χ0n) is 18.3. The van der Waals surface area contributed by atoms with Crippen LogP contribution in [0.5, 0.6) is 5.75 Å². The number of halogens is 1. The van der Waals surface area contributed by atoms with Crippen molar-refractivity contribution in [2.75, 3.05) is 19.7 Å². The van der Waals surface area contributed by atoms with Crippen LogP contribution in [0.15, 0.2) is 24.3 Å². The van der Waals surface area contributed by atoms with Crippen molar-refractivity contribution in [2.45, 2.75) is 52.1 Å². The monoisotopic (exact) mass is 433 g/mol. The fraction of sp³-hybridized carbons (Fsp3) is 0.565. The van der Waals surface area contributed by atoms with Gasteiger partial charge in [0.2, 0.25) is 0 Å². The molecule has 1 aliphatic heterocycles. The van der Waals surface area contributed by atoms with Gasteiger partial charge >= 0.3 is 0 Å². The number of aryl methyl sites for hydroxylation is 2. The molecule has 164 valence electrons. The molecule has 3 rings (SSSR count). The molecule has 0 bridgehead atoms. The Labute approximate surface area is 183 Å². The van der Waals surface area contributed by atoms with Crippen molar-refractivity contribution < 1.29 is 14.6 Å². The minimum Gasteiger partial charge on any atom is -0.489 e. The number of ether oxygens (including phenoxy) is 1.